The maximum atomic E-state index is 12.9. The van der Waals surface area contributed by atoms with Crippen LogP contribution in [0.15, 0.2) is 18.2 Å². The molecular weight excluding hydrogens is 295 g/mol. The molecule has 1 aromatic carbocycles. The number of nitrogens with one attached hydrogen (secondary N) is 1. The van der Waals surface area contributed by atoms with Crippen LogP contribution in [0.4, 0.5) is 18.9 Å². The molecule has 3 nitrogen and oxygen atoms in total. The van der Waals surface area contributed by atoms with E-state index in [1.54, 1.807) is 6.92 Å². The van der Waals surface area contributed by atoms with Gasteiger partial charge in [0, 0.05) is 5.02 Å². The first-order valence-electron chi connectivity index (χ1n) is 6.04. The van der Waals surface area contributed by atoms with Crippen LogP contribution in [0.3, 0.4) is 0 Å². The summed E-state index contributed by atoms with van der Waals surface area (Å²) in [5.74, 6) is -0.459. The summed E-state index contributed by atoms with van der Waals surface area (Å²) in [5, 5.41) is 2.31. The molecule has 1 amide bonds. The van der Waals surface area contributed by atoms with Gasteiger partial charge in [0.05, 0.1) is 29.9 Å². The molecule has 1 aromatic rings. The van der Waals surface area contributed by atoms with Crippen molar-refractivity contribution >= 4 is 23.2 Å². The molecule has 1 fully saturated rings. The highest BCUT2D eigenvalue weighted by Crippen LogP contribution is 2.38. The van der Waals surface area contributed by atoms with Crippen LogP contribution >= 0.6 is 11.6 Å². The van der Waals surface area contributed by atoms with E-state index in [0.29, 0.717) is 6.42 Å². The first-order valence-corrected chi connectivity index (χ1v) is 6.42. The number of hydrogen-bond donors (Lipinski definition) is 1. The second kappa shape index (κ2) is 5.26. The van der Waals surface area contributed by atoms with Crippen LogP contribution < -0.4 is 5.32 Å². The normalized spacial score (nSPS) is 17.4. The summed E-state index contributed by atoms with van der Waals surface area (Å²) in [6.07, 6.45) is -4.07. The van der Waals surface area contributed by atoms with Gasteiger partial charge in [0.2, 0.25) is 5.91 Å². The Kier molecular flexibility index (Phi) is 3.97. The summed E-state index contributed by atoms with van der Waals surface area (Å²) in [4.78, 5) is 12.1. The third-order valence-corrected chi connectivity index (χ3v) is 3.69. The first kappa shape index (κ1) is 15.1. The zero-order chi connectivity index (χ0) is 15.0. The molecule has 0 saturated carbocycles. The van der Waals surface area contributed by atoms with Gasteiger partial charge in [-0.1, -0.05) is 18.5 Å². The summed E-state index contributed by atoms with van der Waals surface area (Å²) in [7, 11) is 0. The molecule has 110 valence electrons. The lowest BCUT2D eigenvalue weighted by atomic mass is 9.82. The molecule has 1 aliphatic rings. The number of halogens is 4. The van der Waals surface area contributed by atoms with Gasteiger partial charge in [-0.3, -0.25) is 4.79 Å². The van der Waals surface area contributed by atoms with Gasteiger partial charge in [-0.05, 0) is 24.6 Å². The van der Waals surface area contributed by atoms with E-state index in [9.17, 15) is 18.0 Å². The zero-order valence-electron chi connectivity index (χ0n) is 10.7. The topological polar surface area (TPSA) is 38.3 Å². The Hall–Kier alpha value is -1.27. The Balaban J connectivity index is 2.28. The summed E-state index contributed by atoms with van der Waals surface area (Å²) >= 11 is 5.58. The molecule has 1 N–H and O–H groups in total. The van der Waals surface area contributed by atoms with Crippen LogP contribution in [-0.2, 0) is 15.7 Å². The number of ether oxygens (including phenoxy) is 1. The highest BCUT2D eigenvalue weighted by molar-refractivity contribution is 6.30. The van der Waals surface area contributed by atoms with E-state index < -0.39 is 23.1 Å². The second-order valence-corrected chi connectivity index (χ2v) is 5.20. The van der Waals surface area contributed by atoms with Crippen LogP contribution in [0.2, 0.25) is 5.02 Å². The molecular formula is C13H13ClF3NO2. The van der Waals surface area contributed by atoms with E-state index in [2.05, 4.69) is 5.32 Å². The van der Waals surface area contributed by atoms with Crippen molar-refractivity contribution in [2.75, 3.05) is 18.5 Å². The van der Waals surface area contributed by atoms with Crippen LogP contribution in [0.5, 0.6) is 0 Å². The Morgan fingerprint density at radius 3 is 2.55 bits per heavy atom. The van der Waals surface area contributed by atoms with Crippen molar-refractivity contribution in [1.82, 2.24) is 0 Å². The first-order chi connectivity index (χ1) is 9.28. The van der Waals surface area contributed by atoms with E-state index in [-0.39, 0.29) is 23.9 Å². The number of carbonyl (C=O) groups is 1. The fourth-order valence-corrected chi connectivity index (χ4v) is 2.13. The molecule has 0 bridgehead atoms. The van der Waals surface area contributed by atoms with Crippen molar-refractivity contribution in [2.45, 2.75) is 19.5 Å². The molecule has 0 atom stereocenters. The van der Waals surface area contributed by atoms with Crippen LogP contribution in [0, 0.1) is 5.41 Å². The molecule has 2 rings (SSSR count). The molecule has 1 aliphatic heterocycles. The second-order valence-electron chi connectivity index (χ2n) is 4.77. The van der Waals surface area contributed by atoms with E-state index in [0.717, 1.165) is 12.1 Å². The van der Waals surface area contributed by atoms with Crippen molar-refractivity contribution < 1.29 is 22.7 Å². The molecule has 1 heterocycles. The minimum absolute atomic E-state index is 0.0347. The number of anilines is 1. The molecule has 0 radical (unpaired) electrons. The summed E-state index contributed by atoms with van der Waals surface area (Å²) in [5.41, 5.74) is -1.97. The van der Waals surface area contributed by atoms with Gasteiger partial charge >= 0.3 is 6.18 Å². The van der Waals surface area contributed by atoms with Gasteiger partial charge in [0.15, 0.2) is 0 Å². The molecule has 0 spiro atoms. The maximum Gasteiger partial charge on any atom is 0.418 e. The van der Waals surface area contributed by atoms with Gasteiger partial charge in [0.1, 0.15) is 0 Å². The number of hydrogen-bond acceptors (Lipinski definition) is 2. The number of carbonyl (C=O) groups excluding carboxylic acids is 1. The number of alkyl halides is 3. The largest absolute Gasteiger partial charge is 0.418 e. The summed E-state index contributed by atoms with van der Waals surface area (Å²) in [6.45, 7) is 2.25. The smallest absolute Gasteiger partial charge is 0.379 e. The molecule has 0 aromatic heterocycles. The quantitative estimate of drug-likeness (QED) is 0.924. The van der Waals surface area contributed by atoms with Crippen LogP contribution in [0.1, 0.15) is 18.9 Å². The Labute approximate surface area is 119 Å². The van der Waals surface area contributed by atoms with Crippen LogP contribution in [-0.4, -0.2) is 19.1 Å². The monoisotopic (exact) mass is 307 g/mol. The Morgan fingerprint density at radius 2 is 2.10 bits per heavy atom. The predicted octanol–water partition coefficient (Wildman–Crippen LogP) is 3.72. The van der Waals surface area contributed by atoms with E-state index >= 15 is 0 Å². The summed E-state index contributed by atoms with van der Waals surface area (Å²) < 4.78 is 43.8. The third kappa shape index (κ3) is 2.76. The molecule has 20 heavy (non-hydrogen) atoms. The maximum absolute atomic E-state index is 12.9. The van der Waals surface area contributed by atoms with Crippen molar-refractivity contribution in [3.8, 4) is 0 Å². The van der Waals surface area contributed by atoms with Gasteiger partial charge in [0.25, 0.3) is 0 Å². The van der Waals surface area contributed by atoms with Gasteiger partial charge in [-0.15, -0.1) is 0 Å². The third-order valence-electron chi connectivity index (χ3n) is 3.45. The minimum Gasteiger partial charge on any atom is -0.379 e. The lowest BCUT2D eigenvalue weighted by molar-refractivity contribution is -0.156. The SMILES string of the molecule is CCC1(C(=O)Nc2ccc(Cl)cc2C(F)(F)F)COC1. The lowest BCUT2D eigenvalue weighted by Gasteiger charge is -2.39. The fraction of sp³-hybridized carbons (Fsp3) is 0.462. The highest BCUT2D eigenvalue weighted by atomic mass is 35.5. The van der Waals surface area contributed by atoms with Crippen LogP contribution in [0.25, 0.3) is 0 Å². The number of amides is 1. The molecule has 0 aliphatic carbocycles. The summed E-state index contributed by atoms with van der Waals surface area (Å²) in [6, 6.07) is 3.27. The van der Waals surface area contributed by atoms with Gasteiger partial charge < -0.3 is 10.1 Å². The molecule has 7 heteroatoms. The molecule has 0 unspecified atom stereocenters. The highest BCUT2D eigenvalue weighted by Gasteiger charge is 2.45. The Bertz CT molecular complexity index is 521. The average Bonchev–Trinajstić information content (AvgIpc) is 2.29. The standard InChI is InChI=1S/C13H13ClF3NO2/c1-2-12(6-20-7-12)11(19)18-10-4-3-8(14)5-9(10)13(15,16)17/h3-5H,2,6-7H2,1H3,(H,18,19). The average molecular weight is 308 g/mol. The van der Waals surface area contributed by atoms with Crippen molar-refractivity contribution in [3.05, 3.63) is 28.8 Å². The number of rotatable bonds is 3. The predicted molar refractivity (Wildman–Crippen MR) is 68.6 cm³/mol. The van der Waals surface area contributed by atoms with E-state index in [1.807, 2.05) is 0 Å². The van der Waals surface area contributed by atoms with Gasteiger partial charge in [-0.2, -0.15) is 13.2 Å². The van der Waals surface area contributed by atoms with E-state index in [1.165, 1.54) is 6.07 Å². The van der Waals surface area contributed by atoms with Crippen molar-refractivity contribution in [2.24, 2.45) is 5.41 Å². The fourth-order valence-electron chi connectivity index (χ4n) is 1.96. The zero-order valence-corrected chi connectivity index (χ0v) is 11.4. The van der Waals surface area contributed by atoms with E-state index in [4.69, 9.17) is 16.3 Å². The van der Waals surface area contributed by atoms with Crippen molar-refractivity contribution in [3.63, 3.8) is 0 Å². The van der Waals surface area contributed by atoms with Crippen molar-refractivity contribution in [1.29, 1.82) is 0 Å². The lowest BCUT2D eigenvalue weighted by Crippen LogP contribution is -2.51. The Morgan fingerprint density at radius 1 is 1.45 bits per heavy atom. The molecule has 1 saturated heterocycles. The number of benzene rings is 1. The minimum atomic E-state index is -4.58. The van der Waals surface area contributed by atoms with Gasteiger partial charge in [-0.25, -0.2) is 0 Å².